The van der Waals surface area contributed by atoms with E-state index in [0.717, 1.165) is 45.4 Å². The minimum atomic E-state index is -0.403. The molecule has 0 unspecified atom stereocenters. The van der Waals surface area contributed by atoms with Gasteiger partial charge in [0.05, 0.1) is 6.54 Å². The van der Waals surface area contributed by atoms with Crippen LogP contribution in [0.15, 0.2) is 47.7 Å². The van der Waals surface area contributed by atoms with E-state index in [-0.39, 0.29) is 0 Å². The maximum absolute atomic E-state index is 11.2. The van der Waals surface area contributed by atoms with E-state index in [9.17, 15) is 4.79 Å². The molecule has 1 aromatic rings. The third kappa shape index (κ3) is 6.52. The molecule has 1 heterocycles. The number of aryl methyl sites for hydroxylation is 1. The molecule has 1 aliphatic rings. The van der Waals surface area contributed by atoms with Gasteiger partial charge in [0.15, 0.2) is 0 Å². The summed E-state index contributed by atoms with van der Waals surface area (Å²) in [7, 11) is 2.10. The van der Waals surface area contributed by atoms with Gasteiger partial charge in [-0.3, -0.25) is 9.69 Å². The van der Waals surface area contributed by atoms with Crippen LogP contribution in [0.3, 0.4) is 0 Å². The zero-order chi connectivity index (χ0) is 20.6. The van der Waals surface area contributed by atoms with E-state index in [1.807, 2.05) is 0 Å². The number of carbonyl (C=O) groups excluding carboxylic acids is 1. The Kier molecular flexibility index (Phi) is 8.31. The Morgan fingerprint density at radius 3 is 2.36 bits per heavy atom. The first-order valence-corrected chi connectivity index (χ1v) is 10.3. The minimum absolute atomic E-state index is 0.403. The van der Waals surface area contributed by atoms with Crippen molar-refractivity contribution in [2.45, 2.75) is 59.1 Å². The largest absolute Gasteiger partial charge is 0.459 e. The van der Waals surface area contributed by atoms with E-state index in [0.29, 0.717) is 6.47 Å². The van der Waals surface area contributed by atoms with Crippen LogP contribution < -0.4 is 0 Å². The van der Waals surface area contributed by atoms with Crippen molar-refractivity contribution in [2.24, 2.45) is 0 Å². The predicted octanol–water partition coefficient (Wildman–Crippen LogP) is 4.69. The van der Waals surface area contributed by atoms with Gasteiger partial charge in [0, 0.05) is 45.2 Å². The van der Waals surface area contributed by atoms with E-state index in [1.54, 1.807) is 0 Å². The number of rotatable bonds is 9. The molecule has 1 saturated heterocycles. The van der Waals surface area contributed by atoms with E-state index in [1.165, 1.54) is 22.4 Å². The molecule has 1 fully saturated rings. The van der Waals surface area contributed by atoms with Gasteiger partial charge in [0.2, 0.25) is 0 Å². The molecule has 1 aromatic carbocycles. The highest BCUT2D eigenvalue weighted by Gasteiger charge is 2.37. The van der Waals surface area contributed by atoms with E-state index in [4.69, 9.17) is 4.74 Å². The summed E-state index contributed by atoms with van der Waals surface area (Å²) in [5.41, 5.74) is 4.76. The third-order valence-electron chi connectivity index (χ3n) is 5.58. The van der Waals surface area contributed by atoms with Gasteiger partial charge in [-0.25, -0.2) is 0 Å². The van der Waals surface area contributed by atoms with Crippen LogP contribution in [0.2, 0.25) is 0 Å². The lowest BCUT2D eigenvalue weighted by atomic mass is 9.90. The fraction of sp³-hybridized carbons (Fsp3) is 0.542. The highest BCUT2D eigenvalue weighted by atomic mass is 16.5. The number of hydrogen-bond acceptors (Lipinski definition) is 4. The molecule has 0 radical (unpaired) electrons. The lowest BCUT2D eigenvalue weighted by molar-refractivity contribution is -0.150. The van der Waals surface area contributed by atoms with Crippen LogP contribution in [0.4, 0.5) is 0 Å². The highest BCUT2D eigenvalue weighted by molar-refractivity contribution is 5.38. The molecule has 0 aromatic heterocycles. The van der Waals surface area contributed by atoms with Crippen LogP contribution in [0.5, 0.6) is 0 Å². The van der Waals surface area contributed by atoms with Crippen molar-refractivity contribution in [1.29, 1.82) is 0 Å². The van der Waals surface area contributed by atoms with Crippen LogP contribution >= 0.6 is 0 Å². The van der Waals surface area contributed by atoms with Crippen molar-refractivity contribution >= 4 is 6.47 Å². The summed E-state index contributed by atoms with van der Waals surface area (Å²) in [4.78, 5) is 15.9. The maximum Gasteiger partial charge on any atom is 0.293 e. The van der Waals surface area contributed by atoms with Crippen molar-refractivity contribution < 1.29 is 9.53 Å². The van der Waals surface area contributed by atoms with Crippen LogP contribution in [0, 0.1) is 6.92 Å². The molecule has 1 aliphatic heterocycles. The minimum Gasteiger partial charge on any atom is -0.459 e. The molecule has 0 saturated carbocycles. The molecule has 4 nitrogen and oxygen atoms in total. The molecule has 0 spiro atoms. The molecule has 4 heteroatoms. The second-order valence-electron chi connectivity index (χ2n) is 8.27. The van der Waals surface area contributed by atoms with Gasteiger partial charge in [0.25, 0.3) is 6.47 Å². The van der Waals surface area contributed by atoms with Gasteiger partial charge >= 0.3 is 0 Å². The molecule has 0 aliphatic carbocycles. The Hall–Kier alpha value is -2.07. The standard InChI is InChI=1S/C24H36N2O2/c1-6-23(12-7-20(2)3)25(5)18-24(28-19-27)13-15-26(16-14-24)17-22-10-8-21(4)9-11-22/h7-12,19H,6,13-18H2,1-5H3/b23-12+. The summed E-state index contributed by atoms with van der Waals surface area (Å²) < 4.78 is 5.68. The van der Waals surface area contributed by atoms with Crippen LogP contribution in [-0.4, -0.2) is 48.6 Å². The SMILES string of the molecule is CC/C(=C\C=C(C)C)N(C)CC1(OC=O)CCN(Cc2ccc(C)cc2)CC1. The lowest BCUT2D eigenvalue weighted by Gasteiger charge is -2.43. The summed E-state index contributed by atoms with van der Waals surface area (Å²) in [5.74, 6) is 0. The molecule has 0 amide bonds. The number of nitrogens with zero attached hydrogens (tertiary/aromatic N) is 2. The smallest absolute Gasteiger partial charge is 0.293 e. The van der Waals surface area contributed by atoms with Gasteiger partial charge in [-0.1, -0.05) is 48.4 Å². The van der Waals surface area contributed by atoms with Crippen molar-refractivity contribution in [3.63, 3.8) is 0 Å². The molecule has 0 N–H and O–H groups in total. The predicted molar refractivity (Wildman–Crippen MR) is 116 cm³/mol. The summed E-state index contributed by atoms with van der Waals surface area (Å²) >= 11 is 0. The van der Waals surface area contributed by atoms with Crippen LogP contribution in [-0.2, 0) is 16.1 Å². The molecule has 0 atom stereocenters. The Bertz CT molecular complexity index is 679. The maximum atomic E-state index is 11.2. The zero-order valence-electron chi connectivity index (χ0n) is 18.2. The number of carbonyl (C=O) groups is 1. The van der Waals surface area contributed by atoms with E-state index in [2.05, 4.69) is 81.0 Å². The second kappa shape index (κ2) is 10.5. The first kappa shape index (κ1) is 22.2. The first-order valence-electron chi connectivity index (χ1n) is 10.3. The summed E-state index contributed by atoms with van der Waals surface area (Å²) in [5, 5.41) is 0. The Labute approximate surface area is 170 Å². The van der Waals surface area contributed by atoms with Gasteiger partial charge in [-0.2, -0.15) is 0 Å². The first-order chi connectivity index (χ1) is 13.4. The summed E-state index contributed by atoms with van der Waals surface area (Å²) in [6.45, 7) is 12.7. The number of likely N-dealkylation sites (tertiary alicyclic amines) is 1. The second-order valence-corrected chi connectivity index (χ2v) is 8.27. The quantitative estimate of drug-likeness (QED) is 0.457. The third-order valence-corrected chi connectivity index (χ3v) is 5.58. The van der Waals surface area contributed by atoms with E-state index >= 15 is 0 Å². The molecule has 2 rings (SSSR count). The lowest BCUT2D eigenvalue weighted by Crippen LogP contribution is -2.51. The highest BCUT2D eigenvalue weighted by Crippen LogP contribution is 2.29. The molecule has 0 bridgehead atoms. The molecule has 28 heavy (non-hydrogen) atoms. The van der Waals surface area contributed by atoms with Gasteiger partial charge in [-0.15, -0.1) is 0 Å². The fourth-order valence-corrected chi connectivity index (χ4v) is 3.80. The van der Waals surface area contributed by atoms with Crippen molar-refractivity contribution in [2.75, 3.05) is 26.7 Å². The number of ether oxygens (including phenoxy) is 1. The number of likely N-dealkylation sites (N-methyl/N-ethyl adjacent to an activating group) is 1. The van der Waals surface area contributed by atoms with Crippen molar-refractivity contribution in [3.8, 4) is 0 Å². The van der Waals surface area contributed by atoms with Gasteiger partial charge < -0.3 is 9.64 Å². The normalized spacial score (nSPS) is 17.1. The Balaban J connectivity index is 2.00. The van der Waals surface area contributed by atoms with Crippen LogP contribution in [0.25, 0.3) is 0 Å². The Morgan fingerprint density at radius 2 is 1.82 bits per heavy atom. The van der Waals surface area contributed by atoms with Crippen LogP contribution in [0.1, 0.15) is 51.2 Å². The monoisotopic (exact) mass is 384 g/mol. The average molecular weight is 385 g/mol. The Morgan fingerprint density at radius 1 is 1.18 bits per heavy atom. The molecule has 154 valence electrons. The van der Waals surface area contributed by atoms with Gasteiger partial charge in [0.1, 0.15) is 5.60 Å². The topological polar surface area (TPSA) is 32.8 Å². The number of hydrogen-bond donors (Lipinski definition) is 0. The zero-order valence-corrected chi connectivity index (χ0v) is 18.2. The number of allylic oxidation sites excluding steroid dienone is 4. The summed E-state index contributed by atoms with van der Waals surface area (Å²) in [6.07, 6.45) is 7.00. The number of benzene rings is 1. The van der Waals surface area contributed by atoms with Gasteiger partial charge in [-0.05, 0) is 38.8 Å². The van der Waals surface area contributed by atoms with Crippen molar-refractivity contribution in [1.82, 2.24) is 9.80 Å². The van der Waals surface area contributed by atoms with Crippen molar-refractivity contribution in [3.05, 3.63) is 58.8 Å². The molecular formula is C24H36N2O2. The fourth-order valence-electron chi connectivity index (χ4n) is 3.80. The number of piperidine rings is 1. The average Bonchev–Trinajstić information content (AvgIpc) is 2.66. The summed E-state index contributed by atoms with van der Waals surface area (Å²) in [6, 6.07) is 8.74. The van der Waals surface area contributed by atoms with E-state index < -0.39 is 5.60 Å². The molecular weight excluding hydrogens is 348 g/mol.